The second kappa shape index (κ2) is 4.09. The molecule has 1 unspecified atom stereocenters. The summed E-state index contributed by atoms with van der Waals surface area (Å²) in [5.41, 5.74) is 0.524. The number of carbonyl (C=O) groups excluding carboxylic acids is 1. The van der Waals surface area contributed by atoms with Gasteiger partial charge in [0.15, 0.2) is 0 Å². The molecule has 1 aromatic heterocycles. The average Bonchev–Trinajstić information content (AvgIpc) is 3.14. The maximum atomic E-state index is 12.6. The first-order chi connectivity index (χ1) is 9.70. The zero-order chi connectivity index (χ0) is 13.7. The molecule has 1 aromatic carbocycles. The van der Waals surface area contributed by atoms with Crippen LogP contribution in [0.2, 0.25) is 0 Å². The van der Waals surface area contributed by atoms with Gasteiger partial charge in [0, 0.05) is 12.4 Å². The predicted molar refractivity (Wildman–Crippen MR) is 76.1 cm³/mol. The number of nitrogens with zero attached hydrogens (tertiary/aromatic N) is 1. The fourth-order valence-electron chi connectivity index (χ4n) is 3.61. The van der Waals surface area contributed by atoms with Crippen molar-refractivity contribution in [3.63, 3.8) is 0 Å². The van der Waals surface area contributed by atoms with E-state index >= 15 is 0 Å². The summed E-state index contributed by atoms with van der Waals surface area (Å²) in [6, 6.07) is 9.98. The van der Waals surface area contributed by atoms with E-state index in [9.17, 15) is 4.79 Å². The SMILES string of the molecule is CN1C(=O)C2(CCCC2)NC1c1cc2ccccc2o1. The van der Waals surface area contributed by atoms with Gasteiger partial charge in [0.05, 0.1) is 5.54 Å². The van der Waals surface area contributed by atoms with Gasteiger partial charge in [-0.05, 0) is 25.0 Å². The van der Waals surface area contributed by atoms with Crippen LogP contribution in [0.4, 0.5) is 0 Å². The Morgan fingerprint density at radius 2 is 2.05 bits per heavy atom. The fourth-order valence-corrected chi connectivity index (χ4v) is 3.61. The Bertz CT molecular complexity index is 637. The lowest BCUT2D eigenvalue weighted by Crippen LogP contribution is -2.43. The van der Waals surface area contributed by atoms with Crippen LogP contribution in [0.3, 0.4) is 0 Å². The molecular weight excluding hydrogens is 252 g/mol. The number of carbonyl (C=O) groups is 1. The molecule has 1 saturated heterocycles. The van der Waals surface area contributed by atoms with Crippen molar-refractivity contribution in [2.75, 3.05) is 7.05 Å². The lowest BCUT2D eigenvalue weighted by molar-refractivity contribution is -0.132. The molecule has 0 bridgehead atoms. The Balaban J connectivity index is 1.73. The molecule has 2 aromatic rings. The Morgan fingerprint density at radius 1 is 1.30 bits per heavy atom. The quantitative estimate of drug-likeness (QED) is 0.866. The van der Waals surface area contributed by atoms with Crippen molar-refractivity contribution < 1.29 is 9.21 Å². The Labute approximate surface area is 117 Å². The van der Waals surface area contributed by atoms with Gasteiger partial charge in [0.2, 0.25) is 5.91 Å². The molecule has 4 rings (SSSR count). The lowest BCUT2D eigenvalue weighted by Gasteiger charge is -2.19. The molecule has 1 saturated carbocycles. The molecular formula is C16H18N2O2. The van der Waals surface area contributed by atoms with Gasteiger partial charge in [-0.3, -0.25) is 10.1 Å². The van der Waals surface area contributed by atoms with Crippen LogP contribution in [-0.2, 0) is 4.79 Å². The van der Waals surface area contributed by atoms with Gasteiger partial charge < -0.3 is 9.32 Å². The topological polar surface area (TPSA) is 45.5 Å². The number of fused-ring (bicyclic) bond motifs is 1. The van der Waals surface area contributed by atoms with Crippen molar-refractivity contribution in [3.05, 3.63) is 36.1 Å². The Kier molecular flexibility index (Phi) is 2.45. The maximum Gasteiger partial charge on any atom is 0.244 e. The number of hydrogen-bond acceptors (Lipinski definition) is 3. The van der Waals surface area contributed by atoms with Crippen molar-refractivity contribution in [2.24, 2.45) is 0 Å². The number of hydrogen-bond donors (Lipinski definition) is 1. The van der Waals surface area contributed by atoms with E-state index in [0.717, 1.165) is 42.4 Å². The summed E-state index contributed by atoms with van der Waals surface area (Å²) in [6.45, 7) is 0. The van der Waals surface area contributed by atoms with Gasteiger partial charge >= 0.3 is 0 Å². The first-order valence-corrected chi connectivity index (χ1v) is 7.23. The van der Waals surface area contributed by atoms with Gasteiger partial charge in [-0.15, -0.1) is 0 Å². The Hall–Kier alpha value is -1.81. The minimum absolute atomic E-state index is 0.145. The molecule has 1 aliphatic heterocycles. The van der Waals surface area contributed by atoms with Crippen LogP contribution in [0, 0.1) is 0 Å². The number of para-hydroxylation sites is 1. The number of nitrogens with one attached hydrogen (secondary N) is 1. The van der Waals surface area contributed by atoms with E-state index in [-0.39, 0.29) is 17.6 Å². The molecule has 2 fully saturated rings. The molecule has 20 heavy (non-hydrogen) atoms. The molecule has 1 atom stereocenters. The van der Waals surface area contributed by atoms with Gasteiger partial charge in [0.25, 0.3) is 0 Å². The van der Waals surface area contributed by atoms with Gasteiger partial charge in [-0.25, -0.2) is 0 Å². The second-order valence-corrected chi connectivity index (χ2v) is 5.94. The van der Waals surface area contributed by atoms with E-state index in [0.29, 0.717) is 0 Å². The monoisotopic (exact) mass is 270 g/mol. The third-order valence-electron chi connectivity index (χ3n) is 4.70. The van der Waals surface area contributed by atoms with E-state index in [4.69, 9.17) is 4.42 Å². The van der Waals surface area contributed by atoms with Crippen LogP contribution in [-0.4, -0.2) is 23.4 Å². The van der Waals surface area contributed by atoms with Crippen molar-refractivity contribution in [1.29, 1.82) is 0 Å². The molecule has 104 valence electrons. The summed E-state index contributed by atoms with van der Waals surface area (Å²) in [6.07, 6.45) is 3.98. The van der Waals surface area contributed by atoms with Crippen LogP contribution >= 0.6 is 0 Å². The molecule has 2 aliphatic rings. The van der Waals surface area contributed by atoms with Crippen molar-refractivity contribution >= 4 is 16.9 Å². The highest BCUT2D eigenvalue weighted by Gasteiger charge is 2.52. The van der Waals surface area contributed by atoms with Gasteiger partial charge in [-0.1, -0.05) is 31.0 Å². The van der Waals surface area contributed by atoms with Crippen LogP contribution in [0.25, 0.3) is 11.0 Å². The van der Waals surface area contributed by atoms with E-state index in [1.54, 1.807) is 4.90 Å². The lowest BCUT2D eigenvalue weighted by atomic mass is 9.98. The molecule has 1 amide bonds. The van der Waals surface area contributed by atoms with E-state index < -0.39 is 0 Å². The van der Waals surface area contributed by atoms with Crippen LogP contribution in [0.15, 0.2) is 34.7 Å². The minimum Gasteiger partial charge on any atom is -0.457 e. The second-order valence-electron chi connectivity index (χ2n) is 5.94. The summed E-state index contributed by atoms with van der Waals surface area (Å²) < 4.78 is 5.92. The molecule has 1 spiro atoms. The number of benzene rings is 1. The third-order valence-corrected chi connectivity index (χ3v) is 4.70. The van der Waals surface area contributed by atoms with E-state index in [1.807, 2.05) is 37.4 Å². The summed E-state index contributed by atoms with van der Waals surface area (Å²) in [5.74, 6) is 1.03. The smallest absolute Gasteiger partial charge is 0.244 e. The normalized spacial score (nSPS) is 25.1. The summed E-state index contributed by atoms with van der Waals surface area (Å²) >= 11 is 0. The Morgan fingerprint density at radius 3 is 2.80 bits per heavy atom. The highest BCUT2D eigenvalue weighted by molar-refractivity contribution is 5.89. The average molecular weight is 270 g/mol. The van der Waals surface area contributed by atoms with Crippen molar-refractivity contribution in [3.8, 4) is 0 Å². The first kappa shape index (κ1) is 12.0. The van der Waals surface area contributed by atoms with E-state index in [2.05, 4.69) is 5.32 Å². The molecule has 1 aliphatic carbocycles. The summed E-state index contributed by atoms with van der Waals surface area (Å²) in [7, 11) is 1.86. The third kappa shape index (κ3) is 1.54. The largest absolute Gasteiger partial charge is 0.457 e. The van der Waals surface area contributed by atoms with Crippen molar-refractivity contribution in [1.82, 2.24) is 10.2 Å². The first-order valence-electron chi connectivity index (χ1n) is 7.23. The molecule has 1 N–H and O–H groups in total. The summed E-state index contributed by atoms with van der Waals surface area (Å²) in [5, 5.41) is 4.61. The number of rotatable bonds is 1. The minimum atomic E-state index is -0.349. The number of likely N-dealkylation sites (N-methyl/N-ethyl adjacent to an activating group) is 1. The molecule has 2 heterocycles. The molecule has 4 heteroatoms. The van der Waals surface area contributed by atoms with Crippen LogP contribution in [0.5, 0.6) is 0 Å². The zero-order valence-electron chi connectivity index (χ0n) is 11.6. The number of furan rings is 1. The fraction of sp³-hybridized carbons (Fsp3) is 0.438. The molecule has 0 radical (unpaired) electrons. The van der Waals surface area contributed by atoms with Crippen LogP contribution in [0.1, 0.15) is 37.6 Å². The van der Waals surface area contributed by atoms with Gasteiger partial charge in [-0.2, -0.15) is 0 Å². The zero-order valence-corrected chi connectivity index (χ0v) is 11.6. The predicted octanol–water partition coefficient (Wildman–Crippen LogP) is 2.81. The number of amides is 1. The highest BCUT2D eigenvalue weighted by atomic mass is 16.3. The van der Waals surface area contributed by atoms with Crippen LogP contribution < -0.4 is 5.32 Å². The summed E-state index contributed by atoms with van der Waals surface area (Å²) in [4.78, 5) is 14.3. The van der Waals surface area contributed by atoms with Crippen molar-refractivity contribution in [2.45, 2.75) is 37.4 Å². The standard InChI is InChI=1S/C16H18N2O2/c1-18-14(17-16(15(18)19)8-4-5-9-16)13-10-11-6-2-3-7-12(11)20-13/h2-3,6-7,10,14,17H,4-5,8-9H2,1H3. The highest BCUT2D eigenvalue weighted by Crippen LogP contribution is 2.40. The molecule has 4 nitrogen and oxygen atoms in total. The maximum absolute atomic E-state index is 12.6. The van der Waals surface area contributed by atoms with E-state index in [1.165, 1.54) is 0 Å². The van der Waals surface area contributed by atoms with Gasteiger partial charge in [0.1, 0.15) is 17.5 Å².